The number of carbonyl (C=O) groups is 1. The number of hydrogen-bond acceptors (Lipinski definition) is 4. The number of amides is 1. The Morgan fingerprint density at radius 3 is 2.11 bits per heavy atom. The molecular weight excluding hydrogens is 364 g/mol. The lowest BCUT2D eigenvalue weighted by atomic mass is 9.87. The summed E-state index contributed by atoms with van der Waals surface area (Å²) in [5.41, 5.74) is 1.70. The summed E-state index contributed by atoms with van der Waals surface area (Å²) < 4.78 is 31.1. The van der Waals surface area contributed by atoms with Crippen molar-refractivity contribution in [1.29, 1.82) is 0 Å². The van der Waals surface area contributed by atoms with Crippen LogP contribution < -0.4 is 4.74 Å². The van der Waals surface area contributed by atoms with Gasteiger partial charge in [0.25, 0.3) is 0 Å². The Bertz CT molecular complexity index is 928. The molecule has 1 amide bonds. The summed E-state index contributed by atoms with van der Waals surface area (Å²) in [6.45, 7) is 1.72. The van der Waals surface area contributed by atoms with Crippen molar-refractivity contribution in [2.24, 2.45) is 0 Å². The summed E-state index contributed by atoms with van der Waals surface area (Å²) >= 11 is 0. The van der Waals surface area contributed by atoms with Gasteiger partial charge in [-0.2, -0.15) is 0 Å². The number of ether oxygens (including phenoxy) is 1. The van der Waals surface area contributed by atoms with Crippen molar-refractivity contribution < 1.29 is 17.9 Å². The predicted molar refractivity (Wildman–Crippen MR) is 102 cm³/mol. The Morgan fingerprint density at radius 2 is 1.52 bits per heavy atom. The molecule has 0 spiro atoms. The van der Waals surface area contributed by atoms with Gasteiger partial charge in [0.05, 0.1) is 12.2 Å². The molecule has 0 N–H and O–H groups in total. The van der Waals surface area contributed by atoms with Gasteiger partial charge in [0, 0.05) is 37.3 Å². The van der Waals surface area contributed by atoms with Gasteiger partial charge in [0.15, 0.2) is 0 Å². The SMILES string of the molecule is CS(=O)(=O)N1CCCN(C(=O)C2c3ccccc3Oc3ccccc32)CC1. The first-order valence-electron chi connectivity index (χ1n) is 9.05. The summed E-state index contributed by atoms with van der Waals surface area (Å²) in [4.78, 5) is 15.3. The minimum atomic E-state index is -3.25. The van der Waals surface area contributed by atoms with Gasteiger partial charge in [-0.3, -0.25) is 4.79 Å². The van der Waals surface area contributed by atoms with E-state index in [1.54, 1.807) is 4.90 Å². The second-order valence-corrected chi connectivity index (χ2v) is 8.93. The Balaban J connectivity index is 1.66. The lowest BCUT2D eigenvalue weighted by molar-refractivity contribution is -0.131. The third-order valence-electron chi connectivity index (χ3n) is 5.16. The van der Waals surface area contributed by atoms with Crippen molar-refractivity contribution in [1.82, 2.24) is 9.21 Å². The van der Waals surface area contributed by atoms with Crippen molar-refractivity contribution in [2.45, 2.75) is 12.3 Å². The number of fused-ring (bicyclic) bond motifs is 2. The number of benzene rings is 2. The quantitative estimate of drug-likeness (QED) is 0.795. The van der Waals surface area contributed by atoms with Gasteiger partial charge in [-0.05, 0) is 18.6 Å². The Labute approximate surface area is 159 Å². The second kappa shape index (κ2) is 6.98. The molecule has 0 aliphatic carbocycles. The molecule has 2 aliphatic rings. The molecule has 0 bridgehead atoms. The molecule has 0 atom stereocenters. The molecule has 2 aromatic carbocycles. The maximum atomic E-state index is 13.5. The van der Waals surface area contributed by atoms with E-state index in [9.17, 15) is 13.2 Å². The fourth-order valence-electron chi connectivity index (χ4n) is 3.80. The average Bonchev–Trinajstić information content (AvgIpc) is 2.92. The average molecular weight is 386 g/mol. The molecule has 4 rings (SSSR count). The van der Waals surface area contributed by atoms with Crippen LogP contribution in [0.2, 0.25) is 0 Å². The molecule has 0 unspecified atom stereocenters. The lowest BCUT2D eigenvalue weighted by Gasteiger charge is -2.31. The van der Waals surface area contributed by atoms with E-state index < -0.39 is 15.9 Å². The zero-order valence-corrected chi connectivity index (χ0v) is 16.0. The van der Waals surface area contributed by atoms with E-state index in [1.807, 2.05) is 48.5 Å². The topological polar surface area (TPSA) is 66.9 Å². The second-order valence-electron chi connectivity index (χ2n) is 6.95. The van der Waals surface area contributed by atoms with Crippen LogP contribution in [0.1, 0.15) is 23.5 Å². The highest BCUT2D eigenvalue weighted by Gasteiger charge is 2.36. The Kier molecular flexibility index (Phi) is 4.65. The molecule has 0 radical (unpaired) electrons. The van der Waals surface area contributed by atoms with E-state index >= 15 is 0 Å². The van der Waals surface area contributed by atoms with Crippen LogP contribution in [0, 0.1) is 0 Å². The molecule has 0 saturated carbocycles. The molecule has 1 fully saturated rings. The van der Waals surface area contributed by atoms with Crippen LogP contribution in [0.25, 0.3) is 0 Å². The summed E-state index contributed by atoms with van der Waals surface area (Å²) in [6.07, 6.45) is 1.85. The van der Waals surface area contributed by atoms with Gasteiger partial charge in [-0.25, -0.2) is 12.7 Å². The number of carbonyl (C=O) groups excluding carboxylic acids is 1. The Hall–Kier alpha value is -2.38. The van der Waals surface area contributed by atoms with Crippen LogP contribution in [0.5, 0.6) is 11.5 Å². The smallest absolute Gasteiger partial charge is 0.234 e. The number of rotatable bonds is 2. The van der Waals surface area contributed by atoms with Crippen molar-refractivity contribution in [3.63, 3.8) is 0 Å². The molecule has 142 valence electrons. The zero-order chi connectivity index (χ0) is 19.0. The first-order chi connectivity index (χ1) is 12.9. The standard InChI is InChI=1S/C20H22N2O4S/c1-27(24,25)22-12-6-11-21(13-14-22)20(23)19-15-7-2-4-9-17(15)26-18-10-5-3-8-16(18)19/h2-5,7-10,19H,6,11-14H2,1H3. The van der Waals surface area contributed by atoms with Crippen LogP contribution in [0.15, 0.2) is 48.5 Å². The summed E-state index contributed by atoms with van der Waals surface area (Å²) in [7, 11) is -3.25. The number of nitrogens with zero attached hydrogens (tertiary/aromatic N) is 2. The van der Waals surface area contributed by atoms with Crippen LogP contribution >= 0.6 is 0 Å². The van der Waals surface area contributed by atoms with E-state index in [1.165, 1.54) is 10.6 Å². The third-order valence-corrected chi connectivity index (χ3v) is 6.47. The minimum Gasteiger partial charge on any atom is -0.457 e. The highest BCUT2D eigenvalue weighted by Crippen LogP contribution is 2.44. The summed E-state index contributed by atoms with van der Waals surface area (Å²) in [5, 5.41) is 0. The van der Waals surface area contributed by atoms with Gasteiger partial charge < -0.3 is 9.64 Å². The fourth-order valence-corrected chi connectivity index (χ4v) is 4.68. The largest absolute Gasteiger partial charge is 0.457 e. The normalized spacial score (nSPS) is 18.2. The monoisotopic (exact) mass is 386 g/mol. The highest BCUT2D eigenvalue weighted by atomic mass is 32.2. The molecule has 2 heterocycles. The van der Waals surface area contributed by atoms with E-state index in [4.69, 9.17) is 4.74 Å². The van der Waals surface area contributed by atoms with Crippen LogP contribution in [0.3, 0.4) is 0 Å². The molecule has 1 saturated heterocycles. The first-order valence-corrected chi connectivity index (χ1v) is 10.9. The van der Waals surface area contributed by atoms with Crippen molar-refractivity contribution >= 4 is 15.9 Å². The van der Waals surface area contributed by atoms with Gasteiger partial charge in [-0.15, -0.1) is 0 Å². The molecule has 0 aromatic heterocycles. The summed E-state index contributed by atoms with van der Waals surface area (Å²) in [6, 6.07) is 15.2. The first kappa shape index (κ1) is 18.0. The zero-order valence-electron chi connectivity index (χ0n) is 15.2. The van der Waals surface area contributed by atoms with Crippen LogP contribution in [0.4, 0.5) is 0 Å². The van der Waals surface area contributed by atoms with Crippen molar-refractivity contribution in [3.8, 4) is 11.5 Å². The highest BCUT2D eigenvalue weighted by molar-refractivity contribution is 7.88. The molecule has 7 heteroatoms. The van der Waals surface area contributed by atoms with E-state index in [2.05, 4.69) is 0 Å². The molecule has 2 aliphatic heterocycles. The maximum absolute atomic E-state index is 13.5. The lowest BCUT2D eigenvalue weighted by Crippen LogP contribution is -2.40. The molecule has 6 nitrogen and oxygen atoms in total. The van der Waals surface area contributed by atoms with Crippen LogP contribution in [-0.4, -0.2) is 56.0 Å². The molecule has 2 aromatic rings. The van der Waals surface area contributed by atoms with Gasteiger partial charge >= 0.3 is 0 Å². The van der Waals surface area contributed by atoms with Crippen molar-refractivity contribution in [3.05, 3.63) is 59.7 Å². The van der Waals surface area contributed by atoms with Crippen molar-refractivity contribution in [2.75, 3.05) is 32.4 Å². The van der Waals surface area contributed by atoms with E-state index in [0.29, 0.717) is 44.1 Å². The van der Waals surface area contributed by atoms with Gasteiger partial charge in [0.1, 0.15) is 11.5 Å². The maximum Gasteiger partial charge on any atom is 0.234 e. The molecule has 27 heavy (non-hydrogen) atoms. The minimum absolute atomic E-state index is 0.00597. The third kappa shape index (κ3) is 3.44. The van der Waals surface area contributed by atoms with E-state index in [0.717, 1.165) is 11.1 Å². The van der Waals surface area contributed by atoms with Crippen LogP contribution in [-0.2, 0) is 14.8 Å². The predicted octanol–water partition coefficient (Wildman–Crippen LogP) is 2.42. The summed E-state index contributed by atoms with van der Waals surface area (Å²) in [5.74, 6) is 0.953. The Morgan fingerprint density at radius 1 is 0.926 bits per heavy atom. The molecular formula is C20H22N2O4S. The number of para-hydroxylation sites is 2. The van der Waals surface area contributed by atoms with Gasteiger partial charge in [-0.1, -0.05) is 36.4 Å². The van der Waals surface area contributed by atoms with E-state index in [-0.39, 0.29) is 5.91 Å². The fraction of sp³-hybridized carbons (Fsp3) is 0.350. The van der Waals surface area contributed by atoms with Gasteiger partial charge in [0.2, 0.25) is 15.9 Å². The number of sulfonamides is 1. The number of hydrogen-bond donors (Lipinski definition) is 0.